The fourth-order valence-electron chi connectivity index (χ4n) is 2.63. The summed E-state index contributed by atoms with van der Waals surface area (Å²) in [5.41, 5.74) is 1.38. The Hall–Kier alpha value is -1.75. The number of likely N-dealkylation sites (tertiary alicyclic amines) is 1. The molecule has 0 aromatic carbocycles. The van der Waals surface area contributed by atoms with Gasteiger partial charge >= 0.3 is 0 Å². The first kappa shape index (κ1) is 11.3. The van der Waals surface area contributed by atoms with Crippen LogP contribution in [0.1, 0.15) is 41.5 Å². The molecule has 0 radical (unpaired) electrons. The van der Waals surface area contributed by atoms with Crippen LogP contribution in [-0.2, 0) is 0 Å². The number of carbonyl (C=O) groups is 1. The molecule has 2 aromatic rings. The van der Waals surface area contributed by atoms with Crippen LogP contribution in [-0.4, -0.2) is 39.4 Å². The van der Waals surface area contributed by atoms with Gasteiger partial charge in [0.15, 0.2) is 11.5 Å². The topological polar surface area (TPSA) is 50.5 Å². The van der Waals surface area contributed by atoms with E-state index in [1.807, 2.05) is 10.6 Å². The molecular formula is C13H16N4O. The van der Waals surface area contributed by atoms with Gasteiger partial charge in [0.1, 0.15) is 6.29 Å². The largest absolute Gasteiger partial charge is 0.298 e. The molecule has 0 N–H and O–H groups in total. The van der Waals surface area contributed by atoms with Gasteiger partial charge < -0.3 is 0 Å². The Morgan fingerprint density at radius 2 is 2.28 bits per heavy atom. The van der Waals surface area contributed by atoms with Gasteiger partial charge in [-0.1, -0.05) is 6.42 Å². The Labute approximate surface area is 105 Å². The van der Waals surface area contributed by atoms with Crippen LogP contribution >= 0.6 is 0 Å². The van der Waals surface area contributed by atoms with E-state index in [1.54, 1.807) is 12.1 Å². The lowest BCUT2D eigenvalue weighted by Crippen LogP contribution is -2.30. The first-order valence-electron chi connectivity index (χ1n) is 6.29. The number of aldehydes is 1. The molecule has 1 saturated heterocycles. The van der Waals surface area contributed by atoms with Gasteiger partial charge in [-0.15, -0.1) is 10.2 Å². The second-order valence-corrected chi connectivity index (χ2v) is 4.86. The standard InChI is InChI=1S/C13H16N4O/c1-16-6-3-2-4-11(16)13-15-14-12-8-10(9-18)5-7-17(12)13/h5,7-9,11H,2-4,6H2,1H3. The van der Waals surface area contributed by atoms with Crippen molar-refractivity contribution in [1.82, 2.24) is 19.5 Å². The van der Waals surface area contributed by atoms with Crippen molar-refractivity contribution < 1.29 is 4.79 Å². The Kier molecular flexibility index (Phi) is 2.83. The van der Waals surface area contributed by atoms with Crippen molar-refractivity contribution in [2.45, 2.75) is 25.3 Å². The zero-order valence-electron chi connectivity index (χ0n) is 10.4. The van der Waals surface area contributed by atoms with Crippen LogP contribution in [0.2, 0.25) is 0 Å². The summed E-state index contributed by atoms with van der Waals surface area (Å²) in [5, 5.41) is 8.46. The molecule has 5 heteroatoms. The van der Waals surface area contributed by atoms with Crippen molar-refractivity contribution in [3.05, 3.63) is 29.7 Å². The van der Waals surface area contributed by atoms with Crippen LogP contribution in [0.3, 0.4) is 0 Å². The highest BCUT2D eigenvalue weighted by molar-refractivity contribution is 5.76. The highest BCUT2D eigenvalue weighted by atomic mass is 16.1. The molecule has 18 heavy (non-hydrogen) atoms. The lowest BCUT2D eigenvalue weighted by molar-refractivity contribution is 0.112. The van der Waals surface area contributed by atoms with Crippen molar-refractivity contribution in [3.8, 4) is 0 Å². The maximum Gasteiger partial charge on any atom is 0.161 e. The highest BCUT2D eigenvalue weighted by Crippen LogP contribution is 2.28. The average Bonchev–Trinajstić information content (AvgIpc) is 2.82. The van der Waals surface area contributed by atoms with Crippen molar-refractivity contribution in [2.75, 3.05) is 13.6 Å². The normalized spacial score (nSPS) is 21.3. The molecular weight excluding hydrogens is 228 g/mol. The molecule has 1 aliphatic heterocycles. The Balaban J connectivity index is 2.04. The van der Waals surface area contributed by atoms with Crippen LogP contribution in [0.25, 0.3) is 5.65 Å². The average molecular weight is 244 g/mol. The molecule has 3 heterocycles. The van der Waals surface area contributed by atoms with Gasteiger partial charge in [0.05, 0.1) is 6.04 Å². The number of nitrogens with zero attached hydrogens (tertiary/aromatic N) is 4. The minimum Gasteiger partial charge on any atom is -0.298 e. The molecule has 2 aromatic heterocycles. The van der Waals surface area contributed by atoms with E-state index in [1.165, 1.54) is 12.8 Å². The van der Waals surface area contributed by atoms with Crippen molar-refractivity contribution in [3.63, 3.8) is 0 Å². The van der Waals surface area contributed by atoms with E-state index < -0.39 is 0 Å². The minimum absolute atomic E-state index is 0.329. The fourth-order valence-corrected chi connectivity index (χ4v) is 2.63. The molecule has 3 rings (SSSR count). The third-order valence-corrected chi connectivity index (χ3v) is 3.66. The van der Waals surface area contributed by atoms with Crippen molar-refractivity contribution >= 4 is 11.9 Å². The van der Waals surface area contributed by atoms with E-state index >= 15 is 0 Å². The zero-order chi connectivity index (χ0) is 12.5. The number of pyridine rings is 1. The van der Waals surface area contributed by atoms with Crippen LogP contribution in [0, 0.1) is 0 Å². The third-order valence-electron chi connectivity index (χ3n) is 3.66. The van der Waals surface area contributed by atoms with Crippen LogP contribution in [0.15, 0.2) is 18.3 Å². The van der Waals surface area contributed by atoms with E-state index in [0.717, 1.165) is 30.7 Å². The summed E-state index contributed by atoms with van der Waals surface area (Å²) in [6.07, 6.45) is 6.32. The molecule has 0 amide bonds. The molecule has 0 saturated carbocycles. The first-order chi connectivity index (χ1) is 8.79. The van der Waals surface area contributed by atoms with E-state index in [2.05, 4.69) is 22.1 Å². The van der Waals surface area contributed by atoms with Crippen LogP contribution in [0.5, 0.6) is 0 Å². The van der Waals surface area contributed by atoms with E-state index in [-0.39, 0.29) is 0 Å². The van der Waals surface area contributed by atoms with Gasteiger partial charge in [0.25, 0.3) is 0 Å². The summed E-state index contributed by atoms with van der Waals surface area (Å²) in [6.45, 7) is 1.10. The number of hydrogen-bond donors (Lipinski definition) is 0. The molecule has 94 valence electrons. The fraction of sp³-hybridized carbons (Fsp3) is 0.462. The second-order valence-electron chi connectivity index (χ2n) is 4.86. The lowest BCUT2D eigenvalue weighted by Gasteiger charge is -2.30. The predicted molar refractivity (Wildman–Crippen MR) is 67.6 cm³/mol. The molecule has 0 aliphatic carbocycles. The number of carbonyl (C=O) groups excluding carboxylic acids is 1. The van der Waals surface area contributed by atoms with Gasteiger partial charge in [0, 0.05) is 11.8 Å². The summed E-state index contributed by atoms with van der Waals surface area (Å²) in [7, 11) is 2.13. The number of hydrogen-bond acceptors (Lipinski definition) is 4. The van der Waals surface area contributed by atoms with Gasteiger partial charge in [-0.3, -0.25) is 14.1 Å². The summed E-state index contributed by atoms with van der Waals surface area (Å²) in [5.74, 6) is 0.977. The van der Waals surface area contributed by atoms with Crippen molar-refractivity contribution in [2.24, 2.45) is 0 Å². The molecule has 0 bridgehead atoms. The van der Waals surface area contributed by atoms with Gasteiger partial charge in [0.2, 0.25) is 0 Å². The third kappa shape index (κ3) is 1.80. The second kappa shape index (κ2) is 4.49. The summed E-state index contributed by atoms with van der Waals surface area (Å²) in [4.78, 5) is 13.1. The Morgan fingerprint density at radius 3 is 3.06 bits per heavy atom. The van der Waals surface area contributed by atoms with Gasteiger partial charge in [-0.2, -0.15) is 0 Å². The lowest BCUT2D eigenvalue weighted by atomic mass is 10.0. The van der Waals surface area contributed by atoms with E-state index in [0.29, 0.717) is 11.6 Å². The van der Waals surface area contributed by atoms with Crippen LogP contribution in [0.4, 0.5) is 0 Å². The predicted octanol–water partition coefficient (Wildman–Crippen LogP) is 1.70. The number of fused-ring (bicyclic) bond motifs is 1. The van der Waals surface area contributed by atoms with E-state index in [9.17, 15) is 4.79 Å². The number of rotatable bonds is 2. The quantitative estimate of drug-likeness (QED) is 0.754. The number of piperidine rings is 1. The molecule has 1 fully saturated rings. The molecule has 0 spiro atoms. The van der Waals surface area contributed by atoms with E-state index in [4.69, 9.17) is 0 Å². The van der Waals surface area contributed by atoms with Crippen molar-refractivity contribution in [1.29, 1.82) is 0 Å². The molecule has 1 atom stereocenters. The maximum atomic E-state index is 10.7. The summed E-state index contributed by atoms with van der Waals surface area (Å²) >= 11 is 0. The van der Waals surface area contributed by atoms with Gasteiger partial charge in [-0.25, -0.2) is 0 Å². The molecule has 1 aliphatic rings. The first-order valence-corrected chi connectivity index (χ1v) is 6.29. The smallest absolute Gasteiger partial charge is 0.161 e. The Morgan fingerprint density at radius 1 is 1.39 bits per heavy atom. The molecule has 5 nitrogen and oxygen atoms in total. The number of aromatic nitrogens is 3. The highest BCUT2D eigenvalue weighted by Gasteiger charge is 2.25. The SMILES string of the molecule is CN1CCCCC1c1nnc2cc(C=O)ccn12. The minimum atomic E-state index is 0.329. The zero-order valence-corrected chi connectivity index (χ0v) is 10.4. The summed E-state index contributed by atoms with van der Waals surface area (Å²) < 4.78 is 1.99. The monoisotopic (exact) mass is 244 g/mol. The Bertz CT molecular complexity index is 577. The summed E-state index contributed by atoms with van der Waals surface area (Å²) in [6, 6.07) is 3.90. The maximum absolute atomic E-state index is 10.7. The van der Waals surface area contributed by atoms with Crippen LogP contribution < -0.4 is 0 Å². The van der Waals surface area contributed by atoms with Gasteiger partial charge in [-0.05, 0) is 38.6 Å². The molecule has 1 unspecified atom stereocenters.